The van der Waals surface area contributed by atoms with E-state index in [1.165, 1.54) is 27.8 Å². The molecule has 3 rings (SSSR count). The van der Waals surface area contributed by atoms with Crippen LogP contribution in [-0.2, 0) is 6.42 Å². The Hall–Kier alpha value is -2.20. The Bertz CT molecular complexity index is 801. The Balaban J connectivity index is 2.11. The summed E-state index contributed by atoms with van der Waals surface area (Å²) in [5.41, 5.74) is 6.27. The van der Waals surface area contributed by atoms with E-state index < -0.39 is 0 Å². The Morgan fingerprint density at radius 2 is 1.37 bits per heavy atom. The van der Waals surface area contributed by atoms with E-state index in [0.29, 0.717) is 19.8 Å². The van der Waals surface area contributed by atoms with Crippen molar-refractivity contribution in [1.82, 2.24) is 5.32 Å². The number of nitrogens with one attached hydrogen (secondary N) is 1. The van der Waals surface area contributed by atoms with Gasteiger partial charge < -0.3 is 19.5 Å². The second-order valence-corrected chi connectivity index (χ2v) is 6.91. The molecule has 0 spiro atoms. The van der Waals surface area contributed by atoms with Gasteiger partial charge in [-0.2, -0.15) is 0 Å². The van der Waals surface area contributed by atoms with Gasteiger partial charge in [-0.1, -0.05) is 6.07 Å². The highest BCUT2D eigenvalue weighted by molar-refractivity contribution is 5.54. The van der Waals surface area contributed by atoms with Crippen LogP contribution in [-0.4, -0.2) is 26.4 Å². The molecule has 4 heteroatoms. The lowest BCUT2D eigenvalue weighted by Gasteiger charge is -2.30. The third-order valence-electron chi connectivity index (χ3n) is 5.10. The summed E-state index contributed by atoms with van der Waals surface area (Å²) < 4.78 is 17.7. The molecular weight excluding hydrogens is 338 g/mol. The van der Waals surface area contributed by atoms with Crippen molar-refractivity contribution in [3.8, 4) is 17.2 Å². The zero-order valence-electron chi connectivity index (χ0n) is 17.1. The van der Waals surface area contributed by atoms with Crippen LogP contribution in [0.4, 0.5) is 0 Å². The number of hydrogen-bond donors (Lipinski definition) is 1. The van der Waals surface area contributed by atoms with Gasteiger partial charge in [-0.3, -0.25) is 0 Å². The predicted octanol–water partition coefficient (Wildman–Crippen LogP) is 4.73. The third-order valence-corrected chi connectivity index (χ3v) is 5.10. The summed E-state index contributed by atoms with van der Waals surface area (Å²) in [5, 5.41) is 3.68. The summed E-state index contributed by atoms with van der Waals surface area (Å²) in [7, 11) is 0. The molecule has 2 aromatic carbocycles. The fourth-order valence-corrected chi connectivity index (χ4v) is 3.70. The number of aryl methyl sites for hydroxylation is 2. The van der Waals surface area contributed by atoms with Gasteiger partial charge in [0, 0.05) is 12.1 Å². The van der Waals surface area contributed by atoms with Crippen LogP contribution in [0.1, 0.15) is 54.6 Å². The highest BCUT2D eigenvalue weighted by Gasteiger charge is 2.27. The normalized spacial score (nSPS) is 16.0. The molecule has 0 saturated heterocycles. The predicted molar refractivity (Wildman–Crippen MR) is 109 cm³/mol. The topological polar surface area (TPSA) is 39.7 Å². The van der Waals surface area contributed by atoms with Crippen LogP contribution in [0.3, 0.4) is 0 Å². The zero-order valence-corrected chi connectivity index (χ0v) is 17.1. The number of fused-ring (bicyclic) bond motifs is 1. The van der Waals surface area contributed by atoms with Gasteiger partial charge in [-0.15, -0.1) is 0 Å². The SMILES string of the molecule is CCOc1cc2c(cc1OCC)C(c1cc(C)c(C)cc1OCC)NCC2. The Labute approximate surface area is 162 Å². The lowest BCUT2D eigenvalue weighted by molar-refractivity contribution is 0.286. The van der Waals surface area contributed by atoms with Gasteiger partial charge in [-0.25, -0.2) is 0 Å². The minimum absolute atomic E-state index is 0.0875. The van der Waals surface area contributed by atoms with Crippen molar-refractivity contribution in [2.75, 3.05) is 26.4 Å². The standard InChI is InChI=1S/C23H31NO3/c1-6-25-20-12-16(5)15(4)11-19(20)23-18-14-22(27-8-3)21(26-7-2)13-17(18)9-10-24-23/h11-14,23-24H,6-10H2,1-5H3. The van der Waals surface area contributed by atoms with Crippen LogP contribution in [0.5, 0.6) is 17.2 Å². The highest BCUT2D eigenvalue weighted by Crippen LogP contribution is 2.40. The maximum absolute atomic E-state index is 5.99. The van der Waals surface area contributed by atoms with Crippen LogP contribution in [0.15, 0.2) is 24.3 Å². The summed E-state index contributed by atoms with van der Waals surface area (Å²) in [6, 6.07) is 8.79. The van der Waals surface area contributed by atoms with E-state index in [-0.39, 0.29) is 6.04 Å². The molecule has 0 aliphatic carbocycles. The summed E-state index contributed by atoms with van der Waals surface area (Å²) >= 11 is 0. The van der Waals surface area contributed by atoms with Crippen LogP contribution >= 0.6 is 0 Å². The summed E-state index contributed by atoms with van der Waals surface area (Å²) in [6.45, 7) is 13.1. The molecule has 0 bridgehead atoms. The third kappa shape index (κ3) is 4.06. The first kappa shape index (κ1) is 19.6. The van der Waals surface area contributed by atoms with Crippen molar-refractivity contribution in [2.45, 2.75) is 47.1 Å². The molecule has 0 radical (unpaired) electrons. The van der Waals surface area contributed by atoms with Gasteiger partial charge in [0.15, 0.2) is 11.5 Å². The molecule has 1 N–H and O–H groups in total. The monoisotopic (exact) mass is 369 g/mol. The van der Waals surface area contributed by atoms with Gasteiger partial charge in [-0.05, 0) is 81.5 Å². The lowest BCUT2D eigenvalue weighted by atomic mass is 9.87. The smallest absolute Gasteiger partial charge is 0.161 e. The molecule has 1 aliphatic heterocycles. The molecule has 2 aromatic rings. The van der Waals surface area contributed by atoms with E-state index in [1.807, 2.05) is 20.8 Å². The van der Waals surface area contributed by atoms with Crippen molar-refractivity contribution in [1.29, 1.82) is 0 Å². The summed E-state index contributed by atoms with van der Waals surface area (Å²) in [5.74, 6) is 2.61. The molecular formula is C23H31NO3. The van der Waals surface area contributed by atoms with E-state index in [0.717, 1.165) is 30.2 Å². The van der Waals surface area contributed by atoms with Crippen molar-refractivity contribution < 1.29 is 14.2 Å². The maximum Gasteiger partial charge on any atom is 0.161 e. The molecule has 146 valence electrons. The van der Waals surface area contributed by atoms with Crippen molar-refractivity contribution in [3.05, 3.63) is 52.1 Å². The minimum Gasteiger partial charge on any atom is -0.494 e. The molecule has 1 unspecified atom stereocenters. The Morgan fingerprint density at radius 1 is 0.778 bits per heavy atom. The number of ether oxygens (including phenoxy) is 3. The molecule has 1 atom stereocenters. The maximum atomic E-state index is 5.99. The summed E-state index contributed by atoms with van der Waals surface area (Å²) in [4.78, 5) is 0. The largest absolute Gasteiger partial charge is 0.494 e. The number of rotatable bonds is 7. The van der Waals surface area contributed by atoms with Crippen LogP contribution in [0.25, 0.3) is 0 Å². The molecule has 1 aliphatic rings. The molecule has 0 fully saturated rings. The average Bonchev–Trinajstić information content (AvgIpc) is 2.65. The highest BCUT2D eigenvalue weighted by atomic mass is 16.5. The quantitative estimate of drug-likeness (QED) is 0.766. The second-order valence-electron chi connectivity index (χ2n) is 6.91. The first-order chi connectivity index (χ1) is 13.1. The van der Waals surface area contributed by atoms with Gasteiger partial charge in [0.1, 0.15) is 5.75 Å². The van der Waals surface area contributed by atoms with Crippen molar-refractivity contribution in [3.63, 3.8) is 0 Å². The zero-order chi connectivity index (χ0) is 19.4. The van der Waals surface area contributed by atoms with E-state index >= 15 is 0 Å². The first-order valence-corrected chi connectivity index (χ1v) is 9.98. The van der Waals surface area contributed by atoms with Crippen molar-refractivity contribution in [2.24, 2.45) is 0 Å². The Kier molecular flexibility index (Phi) is 6.27. The van der Waals surface area contributed by atoms with Gasteiger partial charge >= 0.3 is 0 Å². The average molecular weight is 370 g/mol. The number of benzene rings is 2. The van der Waals surface area contributed by atoms with Crippen LogP contribution in [0, 0.1) is 13.8 Å². The second kappa shape index (κ2) is 8.66. The lowest BCUT2D eigenvalue weighted by Crippen LogP contribution is -2.31. The molecule has 1 heterocycles. The fraction of sp³-hybridized carbons (Fsp3) is 0.478. The van der Waals surface area contributed by atoms with Crippen LogP contribution < -0.4 is 19.5 Å². The van der Waals surface area contributed by atoms with E-state index in [4.69, 9.17) is 14.2 Å². The minimum atomic E-state index is 0.0875. The first-order valence-electron chi connectivity index (χ1n) is 9.98. The van der Waals surface area contributed by atoms with Crippen LogP contribution in [0.2, 0.25) is 0 Å². The summed E-state index contributed by atoms with van der Waals surface area (Å²) in [6.07, 6.45) is 0.979. The molecule has 0 aromatic heterocycles. The van der Waals surface area contributed by atoms with Crippen molar-refractivity contribution >= 4 is 0 Å². The molecule has 0 amide bonds. The Morgan fingerprint density at radius 3 is 2.04 bits per heavy atom. The van der Waals surface area contributed by atoms with Gasteiger partial charge in [0.25, 0.3) is 0 Å². The number of hydrogen-bond acceptors (Lipinski definition) is 4. The molecule has 27 heavy (non-hydrogen) atoms. The molecule has 0 saturated carbocycles. The fourth-order valence-electron chi connectivity index (χ4n) is 3.70. The van der Waals surface area contributed by atoms with E-state index in [1.54, 1.807) is 0 Å². The van der Waals surface area contributed by atoms with Gasteiger partial charge in [0.05, 0.1) is 25.9 Å². The van der Waals surface area contributed by atoms with E-state index in [2.05, 4.69) is 43.4 Å². The van der Waals surface area contributed by atoms with E-state index in [9.17, 15) is 0 Å². The van der Waals surface area contributed by atoms with Gasteiger partial charge in [0.2, 0.25) is 0 Å². The molecule has 4 nitrogen and oxygen atoms in total.